The number of aliphatic hydroxyl groups excluding tert-OH is 4. The van der Waals surface area contributed by atoms with E-state index in [-0.39, 0.29) is 89.2 Å². The molecule has 148 valence electrons. The van der Waals surface area contributed by atoms with Gasteiger partial charge in [-0.3, -0.25) is 0 Å². The third-order valence-corrected chi connectivity index (χ3v) is 3.34. The zero-order valence-electron chi connectivity index (χ0n) is 15.2. The number of hydrogen-bond donors (Lipinski definition) is 4. The molecule has 0 aromatic heterocycles. The van der Waals surface area contributed by atoms with E-state index in [0.29, 0.717) is 0 Å². The van der Waals surface area contributed by atoms with Crippen LogP contribution in [0.3, 0.4) is 0 Å². The molecule has 2 aliphatic rings. The molecule has 0 aliphatic carbocycles. The quantitative estimate of drug-likeness (QED) is 0.310. The van der Waals surface area contributed by atoms with Gasteiger partial charge in [-0.05, 0) is 6.08 Å². The summed E-state index contributed by atoms with van der Waals surface area (Å²) in [6.07, 6.45) is -5.19. The molecule has 0 saturated carbocycles. The van der Waals surface area contributed by atoms with Crippen LogP contribution in [-0.2, 0) is 19.1 Å². The summed E-state index contributed by atoms with van der Waals surface area (Å²) in [5.74, 6) is -3.66. The molecule has 0 aromatic carbocycles. The minimum atomic E-state index is -1.49. The number of carbonyl (C=O) groups excluding carboxylic acids is 2. The molecule has 6 atom stereocenters. The molecule has 0 bridgehead atoms. The van der Waals surface area contributed by atoms with E-state index in [1.807, 2.05) is 0 Å². The van der Waals surface area contributed by atoms with Crippen LogP contribution < -0.4 is 69.3 Å². The number of aliphatic carboxylic acids is 2. The first-order valence-corrected chi connectivity index (χ1v) is 6.75. The minimum absolute atomic E-state index is 0. The molecule has 2 heterocycles. The maximum absolute atomic E-state index is 10.3. The van der Waals surface area contributed by atoms with Crippen LogP contribution in [0.2, 0.25) is 0 Å². The Hall–Kier alpha value is 0.200. The van der Waals surface area contributed by atoms with Gasteiger partial charge in [0.05, 0.1) is 18.7 Å². The molecule has 0 radical (unpaired) electrons. The predicted octanol–water partition coefficient (Wildman–Crippen LogP) is -12.8. The van der Waals surface area contributed by atoms with E-state index in [1.165, 1.54) is 0 Å². The van der Waals surface area contributed by atoms with E-state index in [1.54, 1.807) is 6.92 Å². The Morgan fingerprint density at radius 3 is 1.96 bits per heavy atom. The summed E-state index contributed by atoms with van der Waals surface area (Å²) < 4.78 is 9.27. The van der Waals surface area contributed by atoms with E-state index in [9.17, 15) is 30.0 Å². The van der Waals surface area contributed by atoms with Crippen LogP contribution in [0.25, 0.3) is 0 Å². The number of carboxylic acid groups (broad SMARTS) is 2. The molecule has 27 heavy (non-hydrogen) atoms. The second kappa shape index (κ2) is 16.0. The van der Waals surface area contributed by atoms with Crippen molar-refractivity contribution in [1.82, 2.24) is 0 Å². The summed E-state index contributed by atoms with van der Waals surface area (Å²) in [6, 6.07) is 0. The molecule has 0 spiro atoms. The fourth-order valence-electron chi connectivity index (χ4n) is 1.89. The van der Waals surface area contributed by atoms with E-state index >= 15 is 0 Å². The minimum Gasteiger partial charge on any atom is -0.547 e. The Balaban J connectivity index is -0.000000171. The number of rotatable bonds is 2. The molecule has 12 nitrogen and oxygen atoms in total. The number of hydrogen-bond acceptors (Lipinski definition) is 10. The van der Waals surface area contributed by atoms with Gasteiger partial charge < -0.3 is 60.7 Å². The Bertz CT molecular complexity index is 474. The van der Waals surface area contributed by atoms with Crippen LogP contribution in [0.5, 0.6) is 0 Å². The first kappa shape index (κ1) is 34.7. The topological polar surface area (TPSA) is 243 Å². The summed E-state index contributed by atoms with van der Waals surface area (Å²) in [5.41, 5.74) is 0. The second-order valence-electron chi connectivity index (χ2n) is 5.22. The smallest absolute Gasteiger partial charge is 0.547 e. The van der Waals surface area contributed by atoms with Crippen molar-refractivity contribution >= 4 is 11.9 Å². The molecule has 2 aliphatic heterocycles. The van der Waals surface area contributed by atoms with Crippen molar-refractivity contribution in [2.45, 2.75) is 37.4 Å². The summed E-state index contributed by atoms with van der Waals surface area (Å²) in [7, 11) is 0. The van der Waals surface area contributed by atoms with Gasteiger partial charge in [-0.25, -0.2) is 0 Å². The van der Waals surface area contributed by atoms with Crippen LogP contribution in [0.15, 0.2) is 11.8 Å². The molecule has 1 fully saturated rings. The summed E-state index contributed by atoms with van der Waals surface area (Å²) in [5, 5.41) is 56.6. The monoisotopic (exact) mass is 416 g/mol. The number of aliphatic hydroxyl groups is 4. The van der Waals surface area contributed by atoms with Gasteiger partial charge in [-0.1, -0.05) is 6.92 Å². The maximum atomic E-state index is 10.3. The van der Waals surface area contributed by atoms with Gasteiger partial charge in [-0.2, -0.15) is 0 Å². The van der Waals surface area contributed by atoms with Gasteiger partial charge in [0.2, 0.25) is 0 Å². The van der Waals surface area contributed by atoms with Crippen molar-refractivity contribution in [3.05, 3.63) is 11.8 Å². The molecule has 0 amide bonds. The van der Waals surface area contributed by atoms with Crippen LogP contribution in [0, 0.1) is 5.92 Å². The molecular weight excluding hydrogens is 394 g/mol. The Morgan fingerprint density at radius 1 is 1.04 bits per heavy atom. The SMILES string of the molecule is CC1COC(C(=O)[O-])[C@@H](O)[C@H]1O.O.O.O=C([O-])C1=C[C@@H](O)C(O)CO1.[Na+].[Na+]. The van der Waals surface area contributed by atoms with Crippen molar-refractivity contribution in [3.63, 3.8) is 0 Å². The Kier molecular flexibility index (Phi) is 20.6. The summed E-state index contributed by atoms with van der Waals surface area (Å²) in [6.45, 7) is 1.57. The van der Waals surface area contributed by atoms with E-state index in [4.69, 9.17) is 14.9 Å². The Morgan fingerprint density at radius 2 is 1.56 bits per heavy atom. The van der Waals surface area contributed by atoms with Gasteiger partial charge in [-0.15, -0.1) is 0 Å². The van der Waals surface area contributed by atoms with E-state index < -0.39 is 48.2 Å². The molecular formula is C13H22Na2O12. The van der Waals surface area contributed by atoms with E-state index in [0.717, 1.165) is 6.08 Å². The van der Waals surface area contributed by atoms with Gasteiger partial charge in [0.25, 0.3) is 0 Å². The largest absolute Gasteiger partial charge is 1.00 e. The fourth-order valence-corrected chi connectivity index (χ4v) is 1.89. The van der Waals surface area contributed by atoms with Gasteiger partial charge >= 0.3 is 59.1 Å². The fraction of sp³-hybridized carbons (Fsp3) is 0.692. The van der Waals surface area contributed by atoms with Crippen LogP contribution in [0.1, 0.15) is 6.92 Å². The molecule has 2 rings (SSSR count). The zero-order chi connectivity index (χ0) is 17.7. The average Bonchev–Trinajstić information content (AvgIpc) is 2.48. The average molecular weight is 416 g/mol. The first-order valence-electron chi connectivity index (χ1n) is 6.75. The summed E-state index contributed by atoms with van der Waals surface area (Å²) in [4.78, 5) is 20.4. The second-order valence-corrected chi connectivity index (χ2v) is 5.22. The summed E-state index contributed by atoms with van der Waals surface area (Å²) >= 11 is 0. The maximum Gasteiger partial charge on any atom is 1.00 e. The molecule has 8 N–H and O–H groups in total. The predicted molar refractivity (Wildman–Crippen MR) is 74.2 cm³/mol. The molecule has 0 aromatic rings. The van der Waals surface area contributed by atoms with Crippen molar-refractivity contribution in [2.24, 2.45) is 5.92 Å². The van der Waals surface area contributed by atoms with Gasteiger partial charge in [0.15, 0.2) is 0 Å². The Labute approximate surface area is 199 Å². The zero-order valence-corrected chi connectivity index (χ0v) is 19.2. The normalized spacial score (nSPS) is 31.4. The van der Waals surface area contributed by atoms with Crippen LogP contribution in [-0.4, -0.2) is 87.1 Å². The van der Waals surface area contributed by atoms with Crippen molar-refractivity contribution < 1.29 is 120 Å². The van der Waals surface area contributed by atoms with Crippen molar-refractivity contribution in [2.75, 3.05) is 13.2 Å². The van der Waals surface area contributed by atoms with Crippen molar-refractivity contribution in [1.29, 1.82) is 0 Å². The first-order chi connectivity index (χ1) is 10.6. The number of carboxylic acids is 2. The standard InChI is InChI=1S/C7H12O5.C6H8O5.2Na.2H2O/c1-3-2-12-6(7(10)11)5(9)4(3)8;7-3-1-5(6(9)10)11-2-4(3)8;;;;/h3-6,8-9H,2H2,1H3,(H,10,11);1,3-4,7-8H,2H2,(H,9,10);;;2*1H2/q;;2*+1;;/p-2/t3?,4-,5-,6?;3-,4?;;;;/m01..../s1. The van der Waals surface area contributed by atoms with Crippen LogP contribution >= 0.6 is 0 Å². The van der Waals surface area contributed by atoms with E-state index in [2.05, 4.69) is 4.74 Å². The van der Waals surface area contributed by atoms with Gasteiger partial charge in [0, 0.05) is 5.92 Å². The molecule has 14 heteroatoms. The van der Waals surface area contributed by atoms with Gasteiger partial charge in [0.1, 0.15) is 42.8 Å². The number of carbonyl (C=O) groups is 2. The van der Waals surface area contributed by atoms with Crippen molar-refractivity contribution in [3.8, 4) is 0 Å². The molecule has 1 saturated heterocycles. The third kappa shape index (κ3) is 10.5. The number of ether oxygens (including phenoxy) is 2. The third-order valence-electron chi connectivity index (χ3n) is 3.34. The molecule has 3 unspecified atom stereocenters. The van der Waals surface area contributed by atoms with Crippen LogP contribution in [0.4, 0.5) is 0 Å².